The first-order valence-electron chi connectivity index (χ1n) is 5.57. The van der Waals surface area contributed by atoms with Gasteiger partial charge in [0.1, 0.15) is 0 Å². The number of allylic oxidation sites excluding steroid dienone is 8. The van der Waals surface area contributed by atoms with Gasteiger partial charge in [0.05, 0.1) is 0 Å². The SMILES string of the molecule is CCCCC1=CCC(C2=[C-]CC=C2)=C1.[Cl-].[Cl-].[Zr+3]. The largest absolute Gasteiger partial charge is 3.00 e. The average Bonchev–Trinajstić information content (AvgIpc) is 2.85. The first-order chi connectivity index (χ1) is 6.90. The predicted octanol–water partition coefficient (Wildman–Crippen LogP) is -1.87. The zero-order valence-electron chi connectivity index (χ0n) is 10.1. The van der Waals surface area contributed by atoms with Crippen LogP contribution in [0.15, 0.2) is 41.0 Å². The maximum atomic E-state index is 3.38. The molecule has 2 aliphatic carbocycles. The number of rotatable bonds is 4. The predicted molar refractivity (Wildman–Crippen MR) is 60.8 cm³/mol. The summed E-state index contributed by atoms with van der Waals surface area (Å²) in [4.78, 5) is 0. The summed E-state index contributed by atoms with van der Waals surface area (Å²) in [6, 6.07) is 0. The minimum Gasteiger partial charge on any atom is -1.00 e. The van der Waals surface area contributed by atoms with E-state index < -0.39 is 0 Å². The van der Waals surface area contributed by atoms with E-state index in [0.29, 0.717) is 0 Å². The summed E-state index contributed by atoms with van der Waals surface area (Å²) in [5.74, 6) is 0. The summed E-state index contributed by atoms with van der Waals surface area (Å²) in [7, 11) is 0. The fourth-order valence-electron chi connectivity index (χ4n) is 1.95. The normalized spacial score (nSPS) is 16.2. The van der Waals surface area contributed by atoms with E-state index in [1.807, 2.05) is 0 Å². The van der Waals surface area contributed by atoms with E-state index in [-0.39, 0.29) is 51.0 Å². The topological polar surface area (TPSA) is 0 Å². The molecule has 0 nitrogen and oxygen atoms in total. The van der Waals surface area contributed by atoms with Crippen molar-refractivity contribution in [3.8, 4) is 0 Å². The van der Waals surface area contributed by atoms with Gasteiger partial charge in [0.15, 0.2) is 0 Å². The van der Waals surface area contributed by atoms with Gasteiger partial charge >= 0.3 is 26.2 Å². The standard InChI is InChI=1S/C14H17.2ClH.Zr/c1-2-3-6-12-9-10-14(11-12)13-7-4-5-8-13;;;/h4,7,9,11H,2-3,5-6,10H2,1H3;2*1H;/q-1;;;+3/p-2. The number of hydrogen-bond donors (Lipinski definition) is 0. The van der Waals surface area contributed by atoms with Crippen molar-refractivity contribution in [2.24, 2.45) is 0 Å². The molecular formula is C14H17Cl2Zr. The molecule has 0 spiro atoms. The molecule has 0 fully saturated rings. The second kappa shape index (κ2) is 10.4. The van der Waals surface area contributed by atoms with Crippen molar-refractivity contribution in [3.63, 3.8) is 0 Å². The Hall–Kier alpha value is 0.423. The quantitative estimate of drug-likeness (QED) is 0.523. The van der Waals surface area contributed by atoms with Gasteiger partial charge in [-0.2, -0.15) is 17.7 Å². The fourth-order valence-corrected chi connectivity index (χ4v) is 1.95. The summed E-state index contributed by atoms with van der Waals surface area (Å²) in [6.45, 7) is 2.25. The zero-order chi connectivity index (χ0) is 9.80. The van der Waals surface area contributed by atoms with Crippen molar-refractivity contribution < 1.29 is 51.0 Å². The van der Waals surface area contributed by atoms with Gasteiger partial charge < -0.3 is 24.8 Å². The molecule has 0 aliphatic heterocycles. The molecule has 0 heterocycles. The smallest absolute Gasteiger partial charge is 1.00 e. The molecule has 2 rings (SSSR count). The molecular weight excluding hydrogens is 330 g/mol. The van der Waals surface area contributed by atoms with Gasteiger partial charge in [-0.1, -0.05) is 37.8 Å². The van der Waals surface area contributed by atoms with E-state index in [0.717, 1.165) is 12.8 Å². The van der Waals surface area contributed by atoms with Crippen LogP contribution in [0.4, 0.5) is 0 Å². The zero-order valence-corrected chi connectivity index (χ0v) is 14.1. The van der Waals surface area contributed by atoms with Crippen LogP contribution in [0.1, 0.15) is 39.0 Å². The van der Waals surface area contributed by atoms with E-state index >= 15 is 0 Å². The Morgan fingerprint density at radius 1 is 1.29 bits per heavy atom. The molecule has 17 heavy (non-hydrogen) atoms. The van der Waals surface area contributed by atoms with E-state index in [1.54, 1.807) is 0 Å². The van der Waals surface area contributed by atoms with Crippen molar-refractivity contribution >= 4 is 0 Å². The van der Waals surface area contributed by atoms with Crippen LogP contribution < -0.4 is 24.8 Å². The van der Waals surface area contributed by atoms with Crippen LogP contribution in [0, 0.1) is 6.08 Å². The minimum atomic E-state index is 0. The first-order valence-corrected chi connectivity index (χ1v) is 5.57. The van der Waals surface area contributed by atoms with E-state index in [2.05, 4.69) is 37.3 Å². The van der Waals surface area contributed by atoms with E-state index in [9.17, 15) is 0 Å². The molecule has 91 valence electrons. The molecule has 0 amide bonds. The molecule has 0 atom stereocenters. The maximum absolute atomic E-state index is 3.38. The molecule has 0 saturated carbocycles. The van der Waals surface area contributed by atoms with Crippen LogP contribution in [0.5, 0.6) is 0 Å². The molecule has 3 heteroatoms. The maximum Gasteiger partial charge on any atom is 3.00 e. The molecule has 1 radical (unpaired) electrons. The van der Waals surface area contributed by atoms with Gasteiger partial charge in [0.2, 0.25) is 0 Å². The summed E-state index contributed by atoms with van der Waals surface area (Å²) >= 11 is 0. The number of halogens is 2. The molecule has 0 bridgehead atoms. The van der Waals surface area contributed by atoms with Gasteiger partial charge in [-0.3, -0.25) is 0 Å². The monoisotopic (exact) mass is 345 g/mol. The van der Waals surface area contributed by atoms with E-state index in [4.69, 9.17) is 0 Å². The van der Waals surface area contributed by atoms with Crippen LogP contribution in [0.25, 0.3) is 0 Å². The van der Waals surface area contributed by atoms with Crippen LogP contribution in [0.2, 0.25) is 0 Å². The molecule has 0 aromatic heterocycles. The summed E-state index contributed by atoms with van der Waals surface area (Å²) in [5.41, 5.74) is 4.31. The van der Waals surface area contributed by atoms with Gasteiger partial charge in [-0.15, -0.1) is 17.7 Å². The molecule has 0 unspecified atom stereocenters. The molecule has 0 aromatic carbocycles. The Labute approximate surface area is 136 Å². The van der Waals surface area contributed by atoms with Gasteiger partial charge in [0.25, 0.3) is 0 Å². The molecule has 2 aliphatic rings. The van der Waals surface area contributed by atoms with Crippen molar-refractivity contribution in [2.45, 2.75) is 39.0 Å². The van der Waals surface area contributed by atoms with Crippen LogP contribution in [0.3, 0.4) is 0 Å². The third kappa shape index (κ3) is 5.73. The molecule has 0 N–H and O–H groups in total. The second-order valence-corrected chi connectivity index (χ2v) is 3.95. The third-order valence-corrected chi connectivity index (χ3v) is 2.80. The van der Waals surface area contributed by atoms with Crippen molar-refractivity contribution in [2.75, 3.05) is 0 Å². The van der Waals surface area contributed by atoms with Crippen LogP contribution in [-0.2, 0) is 26.2 Å². The minimum absolute atomic E-state index is 0. The van der Waals surface area contributed by atoms with Gasteiger partial charge in [-0.05, 0) is 12.8 Å². The van der Waals surface area contributed by atoms with Crippen molar-refractivity contribution in [3.05, 3.63) is 47.1 Å². The number of unbranched alkanes of at least 4 members (excludes halogenated alkanes) is 1. The summed E-state index contributed by atoms with van der Waals surface area (Å²) in [6.07, 6.45) is 18.4. The van der Waals surface area contributed by atoms with Crippen molar-refractivity contribution in [1.82, 2.24) is 0 Å². The summed E-state index contributed by atoms with van der Waals surface area (Å²) < 4.78 is 0. The molecule has 0 aromatic rings. The Balaban J connectivity index is 0. The summed E-state index contributed by atoms with van der Waals surface area (Å²) in [5, 5.41) is 0. The Morgan fingerprint density at radius 3 is 2.65 bits per heavy atom. The Bertz CT molecular complexity index is 338. The van der Waals surface area contributed by atoms with Gasteiger partial charge in [0, 0.05) is 0 Å². The third-order valence-electron chi connectivity index (χ3n) is 2.80. The van der Waals surface area contributed by atoms with Crippen LogP contribution >= 0.6 is 0 Å². The van der Waals surface area contributed by atoms with Gasteiger partial charge in [-0.25, -0.2) is 0 Å². The molecule has 0 saturated heterocycles. The number of hydrogen-bond acceptors (Lipinski definition) is 0. The first kappa shape index (κ1) is 19.8. The second-order valence-electron chi connectivity index (χ2n) is 3.95. The van der Waals surface area contributed by atoms with E-state index in [1.165, 1.54) is 36.0 Å². The Kier molecular flexibility index (Phi) is 12.0. The van der Waals surface area contributed by atoms with Crippen LogP contribution in [-0.4, -0.2) is 0 Å². The average molecular weight is 347 g/mol. The fraction of sp³-hybridized carbons (Fsp3) is 0.429. The Morgan fingerprint density at radius 2 is 2.06 bits per heavy atom. The van der Waals surface area contributed by atoms with Crippen molar-refractivity contribution in [1.29, 1.82) is 0 Å².